The van der Waals surface area contributed by atoms with Gasteiger partial charge >= 0.3 is 0 Å². The number of aromatic hydroxyl groups is 1. The molecule has 0 aliphatic heterocycles. The lowest BCUT2D eigenvalue weighted by atomic mass is 10.2. The molecule has 0 saturated heterocycles. The monoisotopic (exact) mass is 255 g/mol. The number of thioether (sulfide) groups is 1. The van der Waals surface area contributed by atoms with Crippen LogP contribution in [0.25, 0.3) is 0 Å². The summed E-state index contributed by atoms with van der Waals surface area (Å²) in [5.74, 6) is 1.95. The van der Waals surface area contributed by atoms with Crippen LogP contribution in [0.3, 0.4) is 0 Å². The number of hydrogen-bond donors (Lipinski definition) is 2. The number of carbonyl (C=O) groups is 1. The van der Waals surface area contributed by atoms with Crippen molar-refractivity contribution in [3.05, 3.63) is 23.8 Å². The molecule has 4 nitrogen and oxygen atoms in total. The Bertz CT molecular complexity index is 382. The van der Waals surface area contributed by atoms with Crippen molar-refractivity contribution in [2.45, 2.75) is 13.3 Å². The number of phenolic OH excluding ortho intramolecular Hbond substituents is 1. The lowest BCUT2D eigenvalue weighted by molar-refractivity contribution is 0.0996. The van der Waals surface area contributed by atoms with Crippen molar-refractivity contribution >= 4 is 17.7 Å². The standard InChI is InChI=1S/C12H17NO3S/c1-2-17-7-3-6-16-11-5-4-9(14)8-10(11)12(13)15/h4-5,8,14H,2-3,6-7H2,1H3,(H2,13,15). The van der Waals surface area contributed by atoms with E-state index >= 15 is 0 Å². The van der Waals surface area contributed by atoms with Crippen LogP contribution in [0.2, 0.25) is 0 Å². The van der Waals surface area contributed by atoms with E-state index in [4.69, 9.17) is 10.5 Å². The van der Waals surface area contributed by atoms with Crippen LogP contribution in [0.4, 0.5) is 0 Å². The second-order valence-corrected chi connectivity index (χ2v) is 4.84. The van der Waals surface area contributed by atoms with E-state index in [2.05, 4.69) is 6.92 Å². The van der Waals surface area contributed by atoms with Gasteiger partial charge in [-0.1, -0.05) is 6.92 Å². The van der Waals surface area contributed by atoms with Crippen LogP contribution in [0, 0.1) is 0 Å². The average Bonchev–Trinajstić information content (AvgIpc) is 2.30. The van der Waals surface area contributed by atoms with Crippen LogP contribution >= 0.6 is 11.8 Å². The van der Waals surface area contributed by atoms with Crippen LogP contribution < -0.4 is 10.5 Å². The molecule has 0 unspecified atom stereocenters. The Balaban J connectivity index is 2.55. The Labute approximate surface area is 105 Å². The molecule has 0 saturated carbocycles. The van der Waals surface area contributed by atoms with Gasteiger partial charge in [0.1, 0.15) is 11.5 Å². The summed E-state index contributed by atoms with van der Waals surface area (Å²) in [7, 11) is 0. The molecular weight excluding hydrogens is 238 g/mol. The minimum atomic E-state index is -0.598. The molecule has 17 heavy (non-hydrogen) atoms. The number of phenols is 1. The number of nitrogens with two attached hydrogens (primary N) is 1. The van der Waals surface area contributed by atoms with Crippen molar-refractivity contribution in [1.29, 1.82) is 0 Å². The quantitative estimate of drug-likeness (QED) is 0.731. The molecule has 0 fully saturated rings. The van der Waals surface area contributed by atoms with Gasteiger partial charge in [0.15, 0.2) is 0 Å². The molecule has 1 aromatic rings. The fourth-order valence-electron chi connectivity index (χ4n) is 1.32. The van der Waals surface area contributed by atoms with Crippen LogP contribution in [0.5, 0.6) is 11.5 Å². The molecule has 94 valence electrons. The third kappa shape index (κ3) is 4.56. The van der Waals surface area contributed by atoms with Crippen LogP contribution in [0.1, 0.15) is 23.7 Å². The highest BCUT2D eigenvalue weighted by atomic mass is 32.2. The number of primary amides is 1. The molecule has 0 bridgehead atoms. The number of ether oxygens (including phenoxy) is 1. The Morgan fingerprint density at radius 1 is 1.53 bits per heavy atom. The molecular formula is C12H17NO3S. The van der Waals surface area contributed by atoms with E-state index in [1.165, 1.54) is 12.1 Å². The van der Waals surface area contributed by atoms with E-state index < -0.39 is 5.91 Å². The third-order valence-corrected chi connectivity index (χ3v) is 3.11. The first-order chi connectivity index (χ1) is 8.15. The topological polar surface area (TPSA) is 72.6 Å². The zero-order chi connectivity index (χ0) is 12.7. The van der Waals surface area contributed by atoms with E-state index in [1.807, 2.05) is 11.8 Å². The molecule has 3 N–H and O–H groups in total. The van der Waals surface area contributed by atoms with Crippen LogP contribution in [-0.4, -0.2) is 29.1 Å². The van der Waals surface area contributed by atoms with Crippen molar-refractivity contribution in [2.24, 2.45) is 5.73 Å². The van der Waals surface area contributed by atoms with E-state index in [1.54, 1.807) is 6.07 Å². The first-order valence-corrected chi connectivity index (χ1v) is 6.64. The van der Waals surface area contributed by atoms with Gasteiger partial charge in [0.05, 0.1) is 12.2 Å². The van der Waals surface area contributed by atoms with Gasteiger partial charge in [-0.25, -0.2) is 0 Å². The van der Waals surface area contributed by atoms with E-state index in [9.17, 15) is 9.90 Å². The normalized spacial score (nSPS) is 10.2. The summed E-state index contributed by atoms with van der Waals surface area (Å²) in [5.41, 5.74) is 5.42. The molecule has 0 radical (unpaired) electrons. The fourth-order valence-corrected chi connectivity index (χ4v) is 1.93. The van der Waals surface area contributed by atoms with Gasteiger partial charge in [-0.15, -0.1) is 0 Å². The van der Waals surface area contributed by atoms with Crippen molar-refractivity contribution < 1.29 is 14.6 Å². The van der Waals surface area contributed by atoms with E-state index in [0.29, 0.717) is 12.4 Å². The summed E-state index contributed by atoms with van der Waals surface area (Å²) in [6.45, 7) is 2.65. The molecule has 0 spiro atoms. The lowest BCUT2D eigenvalue weighted by Crippen LogP contribution is -2.13. The van der Waals surface area contributed by atoms with Crippen LogP contribution in [-0.2, 0) is 0 Å². The Kier molecular flexibility index (Phi) is 5.69. The molecule has 0 aromatic heterocycles. The maximum absolute atomic E-state index is 11.1. The van der Waals surface area contributed by atoms with Crippen molar-refractivity contribution in [3.8, 4) is 11.5 Å². The molecule has 0 aliphatic rings. The molecule has 1 amide bonds. The second kappa shape index (κ2) is 7.06. The average molecular weight is 255 g/mol. The third-order valence-electron chi connectivity index (χ3n) is 2.12. The Morgan fingerprint density at radius 3 is 2.94 bits per heavy atom. The van der Waals surface area contributed by atoms with Gasteiger partial charge < -0.3 is 15.6 Å². The zero-order valence-electron chi connectivity index (χ0n) is 9.81. The summed E-state index contributed by atoms with van der Waals surface area (Å²) in [6, 6.07) is 4.35. The predicted molar refractivity (Wildman–Crippen MR) is 69.7 cm³/mol. The summed E-state index contributed by atoms with van der Waals surface area (Å²) in [6.07, 6.45) is 0.914. The summed E-state index contributed by atoms with van der Waals surface area (Å²) >= 11 is 1.84. The van der Waals surface area contributed by atoms with Crippen molar-refractivity contribution in [2.75, 3.05) is 18.1 Å². The predicted octanol–water partition coefficient (Wildman–Crippen LogP) is 2.01. The van der Waals surface area contributed by atoms with Gasteiger partial charge in [0.2, 0.25) is 0 Å². The van der Waals surface area contributed by atoms with E-state index in [0.717, 1.165) is 17.9 Å². The molecule has 0 atom stereocenters. The Hall–Kier alpha value is -1.36. The van der Waals surface area contributed by atoms with Gasteiger partial charge in [-0.05, 0) is 36.1 Å². The molecule has 0 heterocycles. The van der Waals surface area contributed by atoms with Crippen LogP contribution in [0.15, 0.2) is 18.2 Å². The molecule has 0 aliphatic carbocycles. The highest BCUT2D eigenvalue weighted by Crippen LogP contribution is 2.23. The number of carbonyl (C=O) groups excluding carboxylic acids is 1. The van der Waals surface area contributed by atoms with E-state index in [-0.39, 0.29) is 11.3 Å². The maximum atomic E-state index is 11.1. The maximum Gasteiger partial charge on any atom is 0.252 e. The number of rotatable bonds is 7. The zero-order valence-corrected chi connectivity index (χ0v) is 10.6. The lowest BCUT2D eigenvalue weighted by Gasteiger charge is -2.09. The van der Waals surface area contributed by atoms with Gasteiger partial charge in [0.25, 0.3) is 5.91 Å². The van der Waals surface area contributed by atoms with Crippen molar-refractivity contribution in [3.63, 3.8) is 0 Å². The smallest absolute Gasteiger partial charge is 0.252 e. The fraction of sp³-hybridized carbons (Fsp3) is 0.417. The molecule has 5 heteroatoms. The molecule has 1 aromatic carbocycles. The first kappa shape index (κ1) is 13.7. The van der Waals surface area contributed by atoms with Gasteiger partial charge in [0, 0.05) is 0 Å². The number of benzene rings is 1. The SMILES string of the molecule is CCSCCCOc1ccc(O)cc1C(N)=O. The highest BCUT2D eigenvalue weighted by molar-refractivity contribution is 7.99. The minimum Gasteiger partial charge on any atom is -0.508 e. The largest absolute Gasteiger partial charge is 0.508 e. The van der Waals surface area contributed by atoms with Crippen molar-refractivity contribution in [1.82, 2.24) is 0 Å². The number of amides is 1. The summed E-state index contributed by atoms with van der Waals surface area (Å²) in [5, 5.41) is 9.26. The number of hydrogen-bond acceptors (Lipinski definition) is 4. The van der Waals surface area contributed by atoms with Gasteiger partial charge in [-0.2, -0.15) is 11.8 Å². The summed E-state index contributed by atoms with van der Waals surface area (Å²) < 4.78 is 5.47. The second-order valence-electron chi connectivity index (χ2n) is 3.44. The first-order valence-electron chi connectivity index (χ1n) is 5.48. The molecule has 1 rings (SSSR count). The minimum absolute atomic E-state index is 0.00712. The summed E-state index contributed by atoms with van der Waals surface area (Å²) in [4.78, 5) is 11.1. The highest BCUT2D eigenvalue weighted by Gasteiger charge is 2.10. The van der Waals surface area contributed by atoms with Gasteiger partial charge in [-0.3, -0.25) is 4.79 Å². The Morgan fingerprint density at radius 2 is 2.29 bits per heavy atom.